The molecule has 0 heterocycles. The number of rotatable bonds is 6. The maximum atomic E-state index is 14.0. The van der Waals surface area contributed by atoms with E-state index in [4.69, 9.17) is 0 Å². The zero-order valence-electron chi connectivity index (χ0n) is 12.4. The Morgan fingerprint density at radius 2 is 2.11 bits per heavy atom. The Morgan fingerprint density at radius 1 is 1.42 bits per heavy atom. The molecule has 0 radical (unpaired) electrons. The van der Waals surface area contributed by atoms with Crippen molar-refractivity contribution in [1.82, 2.24) is 5.32 Å². The summed E-state index contributed by atoms with van der Waals surface area (Å²) in [6.45, 7) is 8.06. The molecule has 0 aromatic heterocycles. The quantitative estimate of drug-likeness (QED) is 0.847. The van der Waals surface area contributed by atoms with Crippen molar-refractivity contribution in [3.63, 3.8) is 0 Å². The van der Waals surface area contributed by atoms with E-state index < -0.39 is 0 Å². The van der Waals surface area contributed by atoms with Crippen molar-refractivity contribution in [2.45, 2.75) is 39.8 Å². The van der Waals surface area contributed by atoms with Gasteiger partial charge in [-0.1, -0.05) is 26.8 Å². The van der Waals surface area contributed by atoms with Gasteiger partial charge in [-0.05, 0) is 30.4 Å². The number of anilines is 1. The average Bonchev–Trinajstić information content (AvgIpc) is 3.02. The van der Waals surface area contributed by atoms with E-state index in [-0.39, 0.29) is 5.82 Å². The van der Waals surface area contributed by atoms with E-state index in [1.807, 2.05) is 6.07 Å². The summed E-state index contributed by atoms with van der Waals surface area (Å²) in [6, 6.07) is 5.74. The highest BCUT2D eigenvalue weighted by molar-refractivity contribution is 5.53. The van der Waals surface area contributed by atoms with E-state index in [9.17, 15) is 4.39 Å². The van der Waals surface area contributed by atoms with Crippen molar-refractivity contribution < 1.29 is 4.39 Å². The summed E-state index contributed by atoms with van der Waals surface area (Å²) >= 11 is 0. The highest BCUT2D eigenvalue weighted by atomic mass is 19.1. The van der Waals surface area contributed by atoms with Gasteiger partial charge in [0.15, 0.2) is 0 Å². The molecule has 0 saturated heterocycles. The molecule has 19 heavy (non-hydrogen) atoms. The SMILES string of the molecule is CC(C)NCc1c(F)cccc1N(C)CC1CC1C. The smallest absolute Gasteiger partial charge is 0.129 e. The third-order valence-corrected chi connectivity index (χ3v) is 3.98. The van der Waals surface area contributed by atoms with Gasteiger partial charge < -0.3 is 10.2 Å². The number of benzene rings is 1. The molecule has 1 aromatic carbocycles. The average molecular weight is 264 g/mol. The van der Waals surface area contributed by atoms with Crippen LogP contribution in [0.1, 0.15) is 32.8 Å². The first-order valence-corrected chi connectivity index (χ1v) is 7.21. The van der Waals surface area contributed by atoms with Crippen LogP contribution in [0.25, 0.3) is 0 Å². The van der Waals surface area contributed by atoms with E-state index in [0.29, 0.717) is 12.6 Å². The molecule has 1 aromatic rings. The van der Waals surface area contributed by atoms with Crippen molar-refractivity contribution >= 4 is 5.69 Å². The number of nitrogens with one attached hydrogen (secondary N) is 1. The van der Waals surface area contributed by atoms with Crippen LogP contribution in [0.15, 0.2) is 18.2 Å². The van der Waals surface area contributed by atoms with Crippen LogP contribution in [-0.4, -0.2) is 19.6 Å². The van der Waals surface area contributed by atoms with E-state index >= 15 is 0 Å². The summed E-state index contributed by atoms with van der Waals surface area (Å²) in [6.07, 6.45) is 1.30. The van der Waals surface area contributed by atoms with Gasteiger partial charge in [0.1, 0.15) is 5.82 Å². The zero-order valence-corrected chi connectivity index (χ0v) is 12.4. The van der Waals surface area contributed by atoms with Gasteiger partial charge in [-0.3, -0.25) is 0 Å². The predicted octanol–water partition coefficient (Wildman–Crippen LogP) is 3.42. The van der Waals surface area contributed by atoms with Crippen LogP contribution in [0, 0.1) is 17.7 Å². The van der Waals surface area contributed by atoms with Gasteiger partial charge >= 0.3 is 0 Å². The zero-order chi connectivity index (χ0) is 14.0. The van der Waals surface area contributed by atoms with Crippen LogP contribution < -0.4 is 10.2 Å². The fraction of sp³-hybridized carbons (Fsp3) is 0.625. The summed E-state index contributed by atoms with van der Waals surface area (Å²) in [5.41, 5.74) is 1.80. The van der Waals surface area contributed by atoms with Crippen LogP contribution >= 0.6 is 0 Å². The second-order valence-corrected chi connectivity index (χ2v) is 6.13. The second kappa shape index (κ2) is 5.91. The lowest BCUT2D eigenvalue weighted by atomic mass is 10.1. The highest BCUT2D eigenvalue weighted by Gasteiger charge is 2.33. The topological polar surface area (TPSA) is 15.3 Å². The summed E-state index contributed by atoms with van der Waals surface area (Å²) in [4.78, 5) is 2.20. The third-order valence-electron chi connectivity index (χ3n) is 3.98. The minimum Gasteiger partial charge on any atom is -0.374 e. The lowest BCUT2D eigenvalue weighted by Gasteiger charge is -2.23. The summed E-state index contributed by atoms with van der Waals surface area (Å²) in [5.74, 6) is 1.49. The number of nitrogens with zero attached hydrogens (tertiary/aromatic N) is 1. The van der Waals surface area contributed by atoms with Gasteiger partial charge in [-0.25, -0.2) is 4.39 Å². The molecular weight excluding hydrogens is 239 g/mol. The first-order chi connectivity index (χ1) is 8.99. The molecule has 0 aliphatic heterocycles. The Kier molecular flexibility index (Phi) is 4.46. The molecule has 3 heteroatoms. The van der Waals surface area contributed by atoms with E-state index in [1.54, 1.807) is 12.1 Å². The number of hydrogen-bond acceptors (Lipinski definition) is 2. The van der Waals surface area contributed by atoms with Gasteiger partial charge in [0.2, 0.25) is 0 Å². The van der Waals surface area contributed by atoms with Crippen LogP contribution in [0.4, 0.5) is 10.1 Å². The van der Waals surface area contributed by atoms with Crippen molar-refractivity contribution in [3.05, 3.63) is 29.6 Å². The monoisotopic (exact) mass is 264 g/mol. The third kappa shape index (κ3) is 3.69. The Morgan fingerprint density at radius 3 is 2.68 bits per heavy atom. The van der Waals surface area contributed by atoms with Crippen LogP contribution in [-0.2, 0) is 6.54 Å². The molecule has 2 atom stereocenters. The number of hydrogen-bond donors (Lipinski definition) is 1. The van der Waals surface area contributed by atoms with Crippen molar-refractivity contribution in [2.75, 3.05) is 18.5 Å². The standard InChI is InChI=1S/C16H25FN2/c1-11(2)18-9-14-15(17)6-5-7-16(14)19(4)10-13-8-12(13)3/h5-7,11-13,18H,8-10H2,1-4H3. The largest absolute Gasteiger partial charge is 0.374 e. The molecule has 1 aliphatic rings. The molecule has 1 saturated carbocycles. The maximum Gasteiger partial charge on any atom is 0.129 e. The van der Waals surface area contributed by atoms with Crippen molar-refractivity contribution in [3.8, 4) is 0 Å². The molecule has 0 amide bonds. The minimum atomic E-state index is -0.110. The fourth-order valence-corrected chi connectivity index (χ4v) is 2.49. The Labute approximate surface area is 116 Å². The lowest BCUT2D eigenvalue weighted by molar-refractivity contribution is 0.552. The summed E-state index contributed by atoms with van der Waals surface area (Å²) in [5, 5.41) is 3.31. The Balaban J connectivity index is 2.11. The van der Waals surface area contributed by atoms with E-state index in [1.165, 1.54) is 6.42 Å². The summed E-state index contributed by atoms with van der Waals surface area (Å²) in [7, 11) is 2.07. The maximum absolute atomic E-state index is 14.0. The molecule has 2 rings (SSSR count). The second-order valence-electron chi connectivity index (χ2n) is 6.13. The van der Waals surface area contributed by atoms with Crippen LogP contribution in [0.5, 0.6) is 0 Å². The van der Waals surface area contributed by atoms with E-state index in [0.717, 1.165) is 29.6 Å². The van der Waals surface area contributed by atoms with Crippen LogP contribution in [0.3, 0.4) is 0 Å². The molecule has 0 spiro atoms. The van der Waals surface area contributed by atoms with Gasteiger partial charge in [0, 0.05) is 37.4 Å². The first-order valence-electron chi connectivity index (χ1n) is 7.21. The predicted molar refractivity (Wildman–Crippen MR) is 78.9 cm³/mol. The molecule has 1 fully saturated rings. The highest BCUT2D eigenvalue weighted by Crippen LogP contribution is 2.39. The normalized spacial score (nSPS) is 21.8. The first kappa shape index (κ1) is 14.3. The molecule has 1 aliphatic carbocycles. The summed E-state index contributed by atoms with van der Waals surface area (Å²) < 4.78 is 14.0. The molecule has 0 bridgehead atoms. The van der Waals surface area contributed by atoms with Gasteiger partial charge in [-0.15, -0.1) is 0 Å². The Hall–Kier alpha value is -1.09. The van der Waals surface area contributed by atoms with Gasteiger partial charge in [-0.2, -0.15) is 0 Å². The van der Waals surface area contributed by atoms with Gasteiger partial charge in [0.25, 0.3) is 0 Å². The minimum absolute atomic E-state index is 0.110. The molecule has 2 unspecified atom stereocenters. The fourth-order valence-electron chi connectivity index (χ4n) is 2.49. The lowest BCUT2D eigenvalue weighted by Crippen LogP contribution is -2.26. The van der Waals surface area contributed by atoms with E-state index in [2.05, 4.69) is 38.0 Å². The Bertz CT molecular complexity index is 431. The molecule has 106 valence electrons. The molecule has 2 nitrogen and oxygen atoms in total. The number of halogens is 1. The van der Waals surface area contributed by atoms with Gasteiger partial charge in [0.05, 0.1) is 0 Å². The molecule has 1 N–H and O–H groups in total. The van der Waals surface area contributed by atoms with Crippen molar-refractivity contribution in [2.24, 2.45) is 11.8 Å². The van der Waals surface area contributed by atoms with Crippen molar-refractivity contribution in [1.29, 1.82) is 0 Å². The molecular formula is C16H25FN2. The van der Waals surface area contributed by atoms with Crippen LogP contribution in [0.2, 0.25) is 0 Å².